The maximum Gasteiger partial charge on any atom is 0.271 e. The van der Waals surface area contributed by atoms with Gasteiger partial charge >= 0.3 is 0 Å². The third-order valence-electron chi connectivity index (χ3n) is 4.90. The van der Waals surface area contributed by atoms with Crippen LogP contribution in [0.3, 0.4) is 0 Å². The van der Waals surface area contributed by atoms with Crippen molar-refractivity contribution < 1.29 is 9.53 Å². The maximum atomic E-state index is 12.5. The second-order valence-electron chi connectivity index (χ2n) is 7.49. The van der Waals surface area contributed by atoms with Crippen LogP contribution < -0.4 is 15.5 Å². The standard InChI is InChI=1S/C27H21BrN4O2S/c1-3-14-34-25-13-6-19(15-23(25)28)16-29-32-26(33)21-9-7-20(8-10-21)24-17-35-27(31-24)30-22-11-4-18(2)5-12-22/h1,4-13,15-17H,14H2,2H3,(H,30,31)(H,32,33)/b29-16-. The summed E-state index contributed by atoms with van der Waals surface area (Å²) < 4.78 is 6.16. The third kappa shape index (κ3) is 6.57. The van der Waals surface area contributed by atoms with Crippen LogP contribution in [-0.4, -0.2) is 23.7 Å². The summed E-state index contributed by atoms with van der Waals surface area (Å²) in [5.74, 6) is 2.76. The highest BCUT2D eigenvalue weighted by Gasteiger charge is 2.08. The highest BCUT2D eigenvalue weighted by atomic mass is 79.9. The second-order valence-corrected chi connectivity index (χ2v) is 9.20. The number of carbonyl (C=O) groups is 1. The van der Waals surface area contributed by atoms with Crippen molar-refractivity contribution in [2.75, 3.05) is 11.9 Å². The minimum atomic E-state index is -0.305. The Hall–Kier alpha value is -3.93. The monoisotopic (exact) mass is 544 g/mol. The SMILES string of the molecule is C#CCOc1ccc(/C=N\NC(=O)c2ccc(-c3csc(Nc4ccc(C)cc4)n3)cc2)cc1Br. The number of ether oxygens (including phenoxy) is 1. The first kappa shape index (κ1) is 24.2. The molecule has 1 aromatic heterocycles. The third-order valence-corrected chi connectivity index (χ3v) is 6.27. The molecule has 8 heteroatoms. The van der Waals surface area contributed by atoms with Crippen LogP contribution in [0.1, 0.15) is 21.5 Å². The van der Waals surface area contributed by atoms with Crippen LogP contribution in [0.2, 0.25) is 0 Å². The van der Waals surface area contributed by atoms with E-state index in [4.69, 9.17) is 11.2 Å². The number of amides is 1. The first-order chi connectivity index (χ1) is 17.0. The van der Waals surface area contributed by atoms with Crippen LogP contribution in [0.5, 0.6) is 5.75 Å². The molecule has 2 N–H and O–H groups in total. The topological polar surface area (TPSA) is 75.6 Å². The number of halogens is 1. The largest absolute Gasteiger partial charge is 0.480 e. The molecule has 0 aliphatic heterocycles. The lowest BCUT2D eigenvalue weighted by Crippen LogP contribution is -2.17. The van der Waals surface area contributed by atoms with Crippen molar-refractivity contribution in [2.45, 2.75) is 6.92 Å². The molecule has 4 rings (SSSR count). The summed E-state index contributed by atoms with van der Waals surface area (Å²) in [5.41, 5.74) is 7.80. The Bertz CT molecular complexity index is 1390. The molecule has 1 heterocycles. The average Bonchev–Trinajstić information content (AvgIpc) is 3.33. The predicted octanol–water partition coefficient (Wildman–Crippen LogP) is 6.40. The molecule has 35 heavy (non-hydrogen) atoms. The van der Waals surface area contributed by atoms with E-state index in [1.165, 1.54) is 16.9 Å². The van der Waals surface area contributed by atoms with Gasteiger partial charge in [-0.3, -0.25) is 4.79 Å². The Balaban J connectivity index is 1.34. The minimum Gasteiger partial charge on any atom is -0.480 e. The highest BCUT2D eigenvalue weighted by molar-refractivity contribution is 9.10. The van der Waals surface area contributed by atoms with E-state index >= 15 is 0 Å². The lowest BCUT2D eigenvalue weighted by molar-refractivity contribution is 0.0955. The molecule has 0 radical (unpaired) electrons. The van der Waals surface area contributed by atoms with Gasteiger partial charge in [0.05, 0.1) is 16.4 Å². The Labute approximate surface area is 216 Å². The lowest BCUT2D eigenvalue weighted by Gasteiger charge is -2.05. The second kappa shape index (κ2) is 11.5. The van der Waals surface area contributed by atoms with Crippen LogP contribution in [0.15, 0.2) is 81.7 Å². The van der Waals surface area contributed by atoms with E-state index in [0.29, 0.717) is 11.3 Å². The molecule has 0 saturated heterocycles. The molecule has 0 unspecified atom stereocenters. The Morgan fingerprint density at radius 2 is 1.94 bits per heavy atom. The minimum absolute atomic E-state index is 0.189. The van der Waals surface area contributed by atoms with Crippen molar-refractivity contribution in [1.82, 2.24) is 10.4 Å². The van der Waals surface area contributed by atoms with Gasteiger partial charge in [0.1, 0.15) is 12.4 Å². The molecule has 0 atom stereocenters. The van der Waals surface area contributed by atoms with Crippen molar-refractivity contribution >= 4 is 50.2 Å². The number of nitrogens with zero attached hydrogens (tertiary/aromatic N) is 2. The van der Waals surface area contributed by atoms with E-state index in [9.17, 15) is 4.79 Å². The zero-order valence-corrected chi connectivity index (χ0v) is 21.2. The van der Waals surface area contributed by atoms with Gasteiger partial charge in [-0.2, -0.15) is 5.10 Å². The molecule has 0 fully saturated rings. The van der Waals surface area contributed by atoms with Crippen LogP contribution in [0.4, 0.5) is 10.8 Å². The van der Waals surface area contributed by atoms with Crippen molar-refractivity contribution in [2.24, 2.45) is 5.10 Å². The molecular formula is C27H21BrN4O2S. The summed E-state index contributed by atoms with van der Waals surface area (Å²) in [6, 6.07) is 20.8. The number of hydrogen-bond acceptors (Lipinski definition) is 6. The smallest absolute Gasteiger partial charge is 0.271 e. The fraction of sp³-hybridized carbons (Fsp3) is 0.0741. The van der Waals surface area contributed by atoms with E-state index in [2.05, 4.69) is 61.7 Å². The number of nitrogens with one attached hydrogen (secondary N) is 2. The van der Waals surface area contributed by atoms with Crippen molar-refractivity contribution in [3.8, 4) is 29.4 Å². The van der Waals surface area contributed by atoms with Gasteiger partial charge in [-0.15, -0.1) is 17.8 Å². The number of aromatic nitrogens is 1. The number of thiazole rings is 1. The number of terminal acetylenes is 1. The molecule has 3 aromatic carbocycles. The average molecular weight is 545 g/mol. The quantitative estimate of drug-likeness (QED) is 0.153. The number of hydrazone groups is 1. The van der Waals surface area contributed by atoms with Crippen LogP contribution in [-0.2, 0) is 0 Å². The van der Waals surface area contributed by atoms with Gasteiger partial charge in [-0.05, 0) is 70.9 Å². The maximum absolute atomic E-state index is 12.5. The van der Waals surface area contributed by atoms with Gasteiger partial charge in [-0.25, -0.2) is 10.4 Å². The molecule has 0 bridgehead atoms. The van der Waals surface area contributed by atoms with Gasteiger partial charge in [0.2, 0.25) is 0 Å². The normalized spacial score (nSPS) is 10.7. The summed E-state index contributed by atoms with van der Waals surface area (Å²) >= 11 is 4.96. The summed E-state index contributed by atoms with van der Waals surface area (Å²) in [4.78, 5) is 17.1. The van der Waals surface area contributed by atoms with Gasteiger partial charge in [0.15, 0.2) is 5.13 Å². The molecule has 0 aliphatic carbocycles. The predicted molar refractivity (Wildman–Crippen MR) is 146 cm³/mol. The molecule has 1 amide bonds. The summed E-state index contributed by atoms with van der Waals surface area (Å²) in [7, 11) is 0. The molecule has 0 aliphatic rings. The number of rotatable bonds is 8. The zero-order valence-electron chi connectivity index (χ0n) is 18.8. The number of carbonyl (C=O) groups excluding carboxylic acids is 1. The number of aryl methyl sites for hydroxylation is 1. The van der Waals surface area contributed by atoms with Gasteiger partial charge in [0.25, 0.3) is 5.91 Å². The van der Waals surface area contributed by atoms with Crippen molar-refractivity contribution in [3.05, 3.63) is 93.3 Å². The molecule has 174 valence electrons. The van der Waals surface area contributed by atoms with E-state index < -0.39 is 0 Å². The number of anilines is 2. The van der Waals surface area contributed by atoms with E-state index in [-0.39, 0.29) is 12.5 Å². The first-order valence-electron chi connectivity index (χ1n) is 10.6. The van der Waals surface area contributed by atoms with Gasteiger partial charge < -0.3 is 10.1 Å². The molecule has 0 spiro atoms. The van der Waals surface area contributed by atoms with Crippen LogP contribution in [0.25, 0.3) is 11.3 Å². The zero-order chi connectivity index (χ0) is 24.6. The molecule has 4 aromatic rings. The van der Waals surface area contributed by atoms with E-state index in [0.717, 1.165) is 32.1 Å². The molecular weight excluding hydrogens is 524 g/mol. The van der Waals surface area contributed by atoms with Gasteiger partial charge in [0, 0.05) is 22.2 Å². The molecule has 0 saturated carbocycles. The Morgan fingerprint density at radius 1 is 1.17 bits per heavy atom. The summed E-state index contributed by atoms with van der Waals surface area (Å²) in [6.45, 7) is 2.24. The van der Waals surface area contributed by atoms with Crippen molar-refractivity contribution in [3.63, 3.8) is 0 Å². The van der Waals surface area contributed by atoms with Crippen LogP contribution >= 0.6 is 27.3 Å². The fourth-order valence-corrected chi connectivity index (χ4v) is 4.33. The number of hydrogen-bond donors (Lipinski definition) is 2. The number of benzene rings is 3. The summed E-state index contributed by atoms with van der Waals surface area (Å²) in [5, 5.41) is 10.1. The van der Waals surface area contributed by atoms with E-state index in [1.54, 1.807) is 24.4 Å². The Morgan fingerprint density at radius 3 is 2.66 bits per heavy atom. The molecule has 6 nitrogen and oxygen atoms in total. The van der Waals surface area contributed by atoms with Crippen molar-refractivity contribution in [1.29, 1.82) is 0 Å². The van der Waals surface area contributed by atoms with Crippen LogP contribution in [0, 0.1) is 19.3 Å². The Kier molecular flexibility index (Phi) is 7.93. The van der Waals surface area contributed by atoms with E-state index in [1.807, 2.05) is 41.8 Å². The highest BCUT2D eigenvalue weighted by Crippen LogP contribution is 2.28. The first-order valence-corrected chi connectivity index (χ1v) is 12.3. The fourth-order valence-electron chi connectivity index (χ4n) is 3.08. The summed E-state index contributed by atoms with van der Waals surface area (Å²) in [6.07, 6.45) is 6.77. The lowest BCUT2D eigenvalue weighted by atomic mass is 10.1. The van der Waals surface area contributed by atoms with Gasteiger partial charge in [-0.1, -0.05) is 35.7 Å².